The van der Waals surface area contributed by atoms with Gasteiger partial charge in [-0.15, -0.1) is 0 Å². The molecule has 17 heavy (non-hydrogen) atoms. The zero-order valence-electron chi connectivity index (χ0n) is 10.4. The molecule has 0 aliphatic heterocycles. The second-order valence-electron chi connectivity index (χ2n) is 4.72. The molecule has 0 unspecified atom stereocenters. The Morgan fingerprint density at radius 3 is 2.18 bits per heavy atom. The van der Waals surface area contributed by atoms with Crippen LogP contribution in [-0.2, 0) is 4.79 Å². The van der Waals surface area contributed by atoms with Gasteiger partial charge in [0.25, 0.3) is 0 Å². The number of carbonyl (C=O) groups excluding carboxylic acids is 1. The molecule has 1 atom stereocenters. The van der Waals surface area contributed by atoms with Gasteiger partial charge in [0.2, 0.25) is 0 Å². The summed E-state index contributed by atoms with van der Waals surface area (Å²) in [6, 6.07) is -1.02. The van der Waals surface area contributed by atoms with Crippen LogP contribution >= 0.6 is 0 Å². The van der Waals surface area contributed by atoms with E-state index in [1.54, 1.807) is 0 Å². The van der Waals surface area contributed by atoms with Crippen LogP contribution in [0, 0.1) is 0 Å². The summed E-state index contributed by atoms with van der Waals surface area (Å²) in [4.78, 5) is 22.1. The van der Waals surface area contributed by atoms with Gasteiger partial charge in [-0.25, -0.2) is 4.79 Å². The molecule has 98 valence electrons. The molecule has 1 saturated carbocycles. The first-order chi connectivity index (χ1) is 8.09. The van der Waals surface area contributed by atoms with Gasteiger partial charge in [-0.05, 0) is 19.8 Å². The maximum absolute atomic E-state index is 11.5. The molecule has 0 bridgehead atoms. The van der Waals surface area contributed by atoms with E-state index < -0.39 is 12.0 Å². The minimum absolute atomic E-state index is 0.191. The van der Waals surface area contributed by atoms with Crippen molar-refractivity contribution >= 4 is 12.0 Å². The molecule has 0 aromatic heterocycles. The Morgan fingerprint density at radius 2 is 1.65 bits per heavy atom. The van der Waals surface area contributed by atoms with Crippen LogP contribution in [0.3, 0.4) is 0 Å². The van der Waals surface area contributed by atoms with Crippen LogP contribution in [0.15, 0.2) is 0 Å². The second kappa shape index (κ2) is 7.14. The fraction of sp³-hybridized carbons (Fsp3) is 0.833. The average molecular weight is 242 g/mol. The normalized spacial score (nSPS) is 19.8. The van der Waals surface area contributed by atoms with E-state index in [2.05, 4.69) is 10.6 Å². The largest absolute Gasteiger partial charge is 0.480 e. The average Bonchev–Trinajstić information content (AvgIpc) is 2.21. The molecule has 0 heterocycles. The summed E-state index contributed by atoms with van der Waals surface area (Å²) < 4.78 is 0. The van der Waals surface area contributed by atoms with Gasteiger partial charge in [-0.2, -0.15) is 0 Å². The molecule has 3 N–H and O–H groups in total. The van der Waals surface area contributed by atoms with Gasteiger partial charge in [0.05, 0.1) is 0 Å². The third-order valence-corrected chi connectivity index (χ3v) is 3.16. The molecule has 0 aromatic carbocycles. The fourth-order valence-electron chi connectivity index (χ4n) is 2.09. The Labute approximate surface area is 102 Å². The van der Waals surface area contributed by atoms with Gasteiger partial charge in [-0.1, -0.05) is 32.1 Å². The van der Waals surface area contributed by atoms with Gasteiger partial charge in [-0.3, -0.25) is 4.79 Å². The third kappa shape index (κ3) is 5.56. The van der Waals surface area contributed by atoms with E-state index in [9.17, 15) is 9.59 Å². The number of hydrogen-bond acceptors (Lipinski definition) is 2. The van der Waals surface area contributed by atoms with E-state index in [1.165, 1.54) is 26.2 Å². The van der Waals surface area contributed by atoms with Crippen LogP contribution in [0.1, 0.15) is 51.9 Å². The summed E-state index contributed by atoms with van der Waals surface area (Å²) in [5.41, 5.74) is 0. The number of aliphatic carboxylic acids is 1. The van der Waals surface area contributed by atoms with Gasteiger partial charge in [0.15, 0.2) is 0 Å². The molecular formula is C12H22N2O3. The highest BCUT2D eigenvalue weighted by Crippen LogP contribution is 2.16. The third-order valence-electron chi connectivity index (χ3n) is 3.16. The summed E-state index contributed by atoms with van der Waals surface area (Å²) in [5.74, 6) is -1.02. The Kier molecular flexibility index (Phi) is 5.80. The predicted molar refractivity (Wildman–Crippen MR) is 64.9 cm³/mol. The molecule has 0 aromatic rings. The minimum atomic E-state index is -1.02. The summed E-state index contributed by atoms with van der Waals surface area (Å²) >= 11 is 0. The van der Waals surface area contributed by atoms with E-state index in [0.29, 0.717) is 0 Å². The van der Waals surface area contributed by atoms with Gasteiger partial charge in [0.1, 0.15) is 6.04 Å². The smallest absolute Gasteiger partial charge is 0.325 e. The number of rotatable bonds is 3. The summed E-state index contributed by atoms with van der Waals surface area (Å²) in [5, 5.41) is 13.9. The molecular weight excluding hydrogens is 220 g/mol. The number of urea groups is 1. The summed E-state index contributed by atoms with van der Waals surface area (Å²) in [7, 11) is 0. The standard InChI is InChI=1S/C12H22N2O3/c1-9(11(15)16)13-12(17)14-10-7-5-3-2-4-6-8-10/h9-10H,2-8H2,1H3,(H,15,16)(H2,13,14,17)/t9-/m1/s1. The van der Waals surface area contributed by atoms with Crippen molar-refractivity contribution in [1.82, 2.24) is 10.6 Å². The highest BCUT2D eigenvalue weighted by molar-refractivity contribution is 5.82. The first-order valence-corrected chi connectivity index (χ1v) is 6.39. The van der Waals surface area contributed by atoms with Crippen molar-refractivity contribution in [3.8, 4) is 0 Å². The molecule has 1 rings (SSSR count). The SMILES string of the molecule is C[C@@H](NC(=O)NC1CCCCCCC1)C(=O)O. The Balaban J connectivity index is 2.30. The first-order valence-electron chi connectivity index (χ1n) is 6.39. The van der Waals surface area contributed by atoms with E-state index in [1.807, 2.05) is 0 Å². The number of carbonyl (C=O) groups is 2. The minimum Gasteiger partial charge on any atom is -0.480 e. The Morgan fingerprint density at radius 1 is 1.12 bits per heavy atom. The van der Waals surface area contributed by atoms with Crippen molar-refractivity contribution in [2.75, 3.05) is 0 Å². The highest BCUT2D eigenvalue weighted by Gasteiger charge is 2.17. The summed E-state index contributed by atoms with van der Waals surface area (Å²) in [6.07, 6.45) is 8.01. The van der Waals surface area contributed by atoms with Crippen LogP contribution < -0.4 is 10.6 Å². The summed E-state index contributed by atoms with van der Waals surface area (Å²) in [6.45, 7) is 1.46. The number of carboxylic acids is 1. The van der Waals surface area contributed by atoms with E-state index in [4.69, 9.17) is 5.11 Å². The van der Waals surface area contributed by atoms with Crippen molar-refractivity contribution in [2.24, 2.45) is 0 Å². The predicted octanol–water partition coefficient (Wildman–Crippen LogP) is 1.87. The maximum atomic E-state index is 11.5. The number of carboxylic acid groups (broad SMARTS) is 1. The molecule has 1 fully saturated rings. The van der Waals surface area contributed by atoms with Crippen LogP contribution in [0.25, 0.3) is 0 Å². The van der Waals surface area contributed by atoms with Gasteiger partial charge >= 0.3 is 12.0 Å². The fourth-order valence-corrected chi connectivity index (χ4v) is 2.09. The number of amides is 2. The van der Waals surface area contributed by atoms with E-state index in [-0.39, 0.29) is 12.1 Å². The molecule has 5 heteroatoms. The molecule has 1 aliphatic rings. The molecule has 0 spiro atoms. The highest BCUT2D eigenvalue weighted by atomic mass is 16.4. The molecule has 0 radical (unpaired) electrons. The van der Waals surface area contributed by atoms with Crippen LogP contribution in [0.4, 0.5) is 4.79 Å². The Hall–Kier alpha value is -1.26. The maximum Gasteiger partial charge on any atom is 0.325 e. The van der Waals surface area contributed by atoms with E-state index >= 15 is 0 Å². The molecule has 2 amide bonds. The van der Waals surface area contributed by atoms with Crippen LogP contribution in [0.2, 0.25) is 0 Å². The van der Waals surface area contributed by atoms with Crippen molar-refractivity contribution in [2.45, 2.75) is 64.0 Å². The quantitative estimate of drug-likeness (QED) is 0.707. The monoisotopic (exact) mass is 242 g/mol. The zero-order valence-corrected chi connectivity index (χ0v) is 10.4. The van der Waals surface area contributed by atoms with Crippen LogP contribution in [0.5, 0.6) is 0 Å². The molecule has 0 saturated heterocycles. The number of hydrogen-bond donors (Lipinski definition) is 3. The van der Waals surface area contributed by atoms with Crippen molar-refractivity contribution in [1.29, 1.82) is 0 Å². The topological polar surface area (TPSA) is 78.4 Å². The van der Waals surface area contributed by atoms with Crippen molar-refractivity contribution in [3.05, 3.63) is 0 Å². The number of nitrogens with one attached hydrogen (secondary N) is 2. The second-order valence-corrected chi connectivity index (χ2v) is 4.72. The Bertz CT molecular complexity index is 260. The van der Waals surface area contributed by atoms with E-state index in [0.717, 1.165) is 25.7 Å². The lowest BCUT2D eigenvalue weighted by molar-refractivity contribution is -0.138. The van der Waals surface area contributed by atoms with Crippen LogP contribution in [-0.4, -0.2) is 29.2 Å². The van der Waals surface area contributed by atoms with Gasteiger partial charge < -0.3 is 15.7 Å². The van der Waals surface area contributed by atoms with Crippen molar-refractivity contribution < 1.29 is 14.7 Å². The lowest BCUT2D eigenvalue weighted by atomic mass is 9.97. The molecule has 5 nitrogen and oxygen atoms in total. The van der Waals surface area contributed by atoms with Crippen molar-refractivity contribution in [3.63, 3.8) is 0 Å². The molecule has 1 aliphatic carbocycles. The first kappa shape index (κ1) is 13.8. The zero-order chi connectivity index (χ0) is 12.7. The lowest BCUT2D eigenvalue weighted by Gasteiger charge is -2.21. The lowest BCUT2D eigenvalue weighted by Crippen LogP contribution is -2.47. The van der Waals surface area contributed by atoms with Gasteiger partial charge in [0, 0.05) is 6.04 Å².